The summed E-state index contributed by atoms with van der Waals surface area (Å²) in [6, 6.07) is 0.952. The van der Waals surface area contributed by atoms with Crippen LogP contribution in [-0.4, -0.2) is 43.0 Å². The number of hydrogen-bond donors (Lipinski definition) is 2. The minimum absolute atomic E-state index is 0.181. The second kappa shape index (κ2) is 6.53. The Hall–Kier alpha value is -0.610. The largest absolute Gasteiger partial charge is 0.352 e. The third kappa shape index (κ3) is 3.95. The lowest BCUT2D eigenvalue weighted by Gasteiger charge is -2.32. The van der Waals surface area contributed by atoms with Crippen molar-refractivity contribution in [1.82, 2.24) is 10.2 Å². The van der Waals surface area contributed by atoms with Crippen molar-refractivity contribution in [2.45, 2.75) is 57.0 Å². The fraction of sp³-hybridized carbons (Fsp3) is 0.929. The van der Waals surface area contributed by atoms with Crippen LogP contribution >= 0.6 is 0 Å². The molecule has 0 aliphatic heterocycles. The summed E-state index contributed by atoms with van der Waals surface area (Å²) in [5, 5.41) is 3.06. The van der Waals surface area contributed by atoms with E-state index in [9.17, 15) is 4.79 Å². The Labute approximate surface area is 110 Å². The molecule has 2 atom stereocenters. The van der Waals surface area contributed by atoms with Gasteiger partial charge in [-0.1, -0.05) is 19.3 Å². The fourth-order valence-electron chi connectivity index (χ4n) is 3.06. The Balaban J connectivity index is 1.83. The van der Waals surface area contributed by atoms with E-state index >= 15 is 0 Å². The lowest BCUT2D eigenvalue weighted by molar-refractivity contribution is -0.122. The molecule has 2 aliphatic carbocycles. The molecule has 0 bridgehead atoms. The van der Waals surface area contributed by atoms with Crippen molar-refractivity contribution in [3.05, 3.63) is 0 Å². The van der Waals surface area contributed by atoms with Crippen LogP contribution in [-0.2, 0) is 4.79 Å². The zero-order chi connectivity index (χ0) is 13.0. The molecule has 0 aromatic rings. The molecule has 0 radical (unpaired) electrons. The molecule has 0 saturated heterocycles. The first-order valence-electron chi connectivity index (χ1n) is 7.40. The normalized spacial score (nSPS) is 29.1. The third-order valence-corrected chi connectivity index (χ3v) is 4.32. The van der Waals surface area contributed by atoms with Gasteiger partial charge in [-0.2, -0.15) is 0 Å². The van der Waals surface area contributed by atoms with E-state index in [-0.39, 0.29) is 5.91 Å². The molecule has 1 amide bonds. The van der Waals surface area contributed by atoms with Gasteiger partial charge in [0, 0.05) is 12.1 Å². The minimum atomic E-state index is 0.181. The maximum absolute atomic E-state index is 11.8. The zero-order valence-electron chi connectivity index (χ0n) is 11.5. The summed E-state index contributed by atoms with van der Waals surface area (Å²) in [5.74, 6) is 0.742. The second-order valence-corrected chi connectivity index (χ2v) is 5.96. The maximum atomic E-state index is 11.8. The van der Waals surface area contributed by atoms with E-state index in [1.165, 1.54) is 32.1 Å². The molecule has 0 spiro atoms. The SMILES string of the molecule is CN(CC(=O)NC1CC1)C1CCCCCC1CN. The van der Waals surface area contributed by atoms with Crippen LogP contribution in [0.3, 0.4) is 0 Å². The predicted molar refractivity (Wildman–Crippen MR) is 73.2 cm³/mol. The van der Waals surface area contributed by atoms with Gasteiger partial charge in [-0.05, 0) is 45.2 Å². The number of hydrogen-bond acceptors (Lipinski definition) is 3. The number of likely N-dealkylation sites (N-methyl/N-ethyl adjacent to an activating group) is 1. The van der Waals surface area contributed by atoms with Gasteiger partial charge in [-0.25, -0.2) is 0 Å². The average molecular weight is 253 g/mol. The lowest BCUT2D eigenvalue weighted by atomic mass is 9.94. The number of rotatable bonds is 5. The van der Waals surface area contributed by atoms with Crippen LogP contribution in [0.2, 0.25) is 0 Å². The van der Waals surface area contributed by atoms with Gasteiger partial charge in [-0.15, -0.1) is 0 Å². The Morgan fingerprint density at radius 3 is 2.61 bits per heavy atom. The molecule has 2 aliphatic rings. The van der Waals surface area contributed by atoms with Crippen LogP contribution < -0.4 is 11.1 Å². The molecule has 0 aromatic heterocycles. The van der Waals surface area contributed by atoms with Gasteiger partial charge in [0.05, 0.1) is 6.54 Å². The van der Waals surface area contributed by atoms with Crippen molar-refractivity contribution in [1.29, 1.82) is 0 Å². The van der Waals surface area contributed by atoms with E-state index in [1.807, 2.05) is 0 Å². The summed E-state index contributed by atoms with van der Waals surface area (Å²) in [6.45, 7) is 1.27. The van der Waals surface area contributed by atoms with Crippen LogP contribution in [0, 0.1) is 5.92 Å². The third-order valence-electron chi connectivity index (χ3n) is 4.32. The van der Waals surface area contributed by atoms with Gasteiger partial charge in [0.2, 0.25) is 5.91 Å². The first-order chi connectivity index (χ1) is 8.70. The van der Waals surface area contributed by atoms with Gasteiger partial charge >= 0.3 is 0 Å². The highest BCUT2D eigenvalue weighted by molar-refractivity contribution is 5.78. The number of carbonyl (C=O) groups is 1. The molecule has 3 N–H and O–H groups in total. The van der Waals surface area contributed by atoms with Gasteiger partial charge in [0.15, 0.2) is 0 Å². The monoisotopic (exact) mass is 253 g/mol. The first kappa shape index (κ1) is 13.8. The molecule has 2 saturated carbocycles. The molecule has 4 nitrogen and oxygen atoms in total. The number of amides is 1. The second-order valence-electron chi connectivity index (χ2n) is 5.96. The lowest BCUT2D eigenvalue weighted by Crippen LogP contribution is -2.45. The minimum Gasteiger partial charge on any atom is -0.352 e. The Morgan fingerprint density at radius 2 is 1.94 bits per heavy atom. The summed E-state index contributed by atoms with van der Waals surface area (Å²) in [4.78, 5) is 14.1. The molecule has 2 rings (SSSR count). The molecule has 4 heteroatoms. The van der Waals surface area contributed by atoms with Gasteiger partial charge in [0.25, 0.3) is 0 Å². The van der Waals surface area contributed by atoms with Crippen molar-refractivity contribution in [3.63, 3.8) is 0 Å². The fourth-order valence-corrected chi connectivity index (χ4v) is 3.06. The highest BCUT2D eigenvalue weighted by Crippen LogP contribution is 2.26. The Kier molecular flexibility index (Phi) is 5.01. The van der Waals surface area contributed by atoms with E-state index in [0.29, 0.717) is 24.5 Å². The van der Waals surface area contributed by atoms with Crippen molar-refractivity contribution in [2.75, 3.05) is 20.1 Å². The van der Waals surface area contributed by atoms with Crippen molar-refractivity contribution in [2.24, 2.45) is 11.7 Å². The quantitative estimate of drug-likeness (QED) is 0.722. The topological polar surface area (TPSA) is 58.4 Å². The van der Waals surface area contributed by atoms with Crippen LogP contribution in [0.15, 0.2) is 0 Å². The van der Waals surface area contributed by atoms with Gasteiger partial charge in [-0.3, -0.25) is 9.69 Å². The van der Waals surface area contributed by atoms with E-state index in [4.69, 9.17) is 5.73 Å². The number of carbonyl (C=O) groups excluding carboxylic acids is 1. The summed E-state index contributed by atoms with van der Waals surface area (Å²) < 4.78 is 0. The highest BCUT2D eigenvalue weighted by atomic mass is 16.2. The molecular weight excluding hydrogens is 226 g/mol. The summed E-state index contributed by atoms with van der Waals surface area (Å²) in [7, 11) is 2.07. The molecule has 0 heterocycles. The molecule has 2 unspecified atom stereocenters. The molecule has 18 heavy (non-hydrogen) atoms. The molecule has 104 valence electrons. The van der Waals surface area contributed by atoms with Crippen LogP contribution in [0.1, 0.15) is 44.9 Å². The van der Waals surface area contributed by atoms with Crippen molar-refractivity contribution in [3.8, 4) is 0 Å². The van der Waals surface area contributed by atoms with Crippen LogP contribution in [0.25, 0.3) is 0 Å². The van der Waals surface area contributed by atoms with Crippen LogP contribution in [0.4, 0.5) is 0 Å². The maximum Gasteiger partial charge on any atom is 0.234 e. The molecular formula is C14H27N3O. The van der Waals surface area contributed by atoms with Gasteiger partial charge < -0.3 is 11.1 Å². The van der Waals surface area contributed by atoms with Crippen molar-refractivity contribution >= 4 is 5.91 Å². The molecule has 0 aromatic carbocycles. The first-order valence-corrected chi connectivity index (χ1v) is 7.40. The Morgan fingerprint density at radius 1 is 1.22 bits per heavy atom. The van der Waals surface area contributed by atoms with Gasteiger partial charge in [0.1, 0.15) is 0 Å². The number of nitrogens with two attached hydrogens (primary N) is 1. The highest BCUT2D eigenvalue weighted by Gasteiger charge is 2.28. The van der Waals surface area contributed by atoms with E-state index < -0.39 is 0 Å². The van der Waals surface area contributed by atoms with E-state index in [0.717, 1.165) is 19.4 Å². The summed E-state index contributed by atoms with van der Waals surface area (Å²) in [5.41, 5.74) is 5.90. The smallest absolute Gasteiger partial charge is 0.234 e. The Bertz CT molecular complexity index is 278. The summed E-state index contributed by atoms with van der Waals surface area (Å²) >= 11 is 0. The van der Waals surface area contributed by atoms with E-state index in [1.54, 1.807) is 0 Å². The zero-order valence-corrected chi connectivity index (χ0v) is 11.5. The van der Waals surface area contributed by atoms with Crippen molar-refractivity contribution < 1.29 is 4.79 Å². The standard InChI is InChI=1S/C14H27N3O/c1-17(10-14(18)16-12-7-8-12)13-6-4-2-3-5-11(13)9-15/h11-13H,2-10,15H2,1H3,(H,16,18). The summed E-state index contributed by atoms with van der Waals surface area (Å²) in [6.07, 6.45) is 8.60. The van der Waals surface area contributed by atoms with E-state index in [2.05, 4.69) is 17.3 Å². The number of nitrogens with zero attached hydrogens (tertiary/aromatic N) is 1. The van der Waals surface area contributed by atoms with Crippen LogP contribution in [0.5, 0.6) is 0 Å². The molecule has 2 fully saturated rings. The average Bonchev–Trinajstić information content (AvgIpc) is 3.13. The number of nitrogens with one attached hydrogen (secondary N) is 1. The predicted octanol–water partition coefficient (Wildman–Crippen LogP) is 1.10.